The van der Waals surface area contributed by atoms with E-state index in [0.717, 1.165) is 36.5 Å². The van der Waals surface area contributed by atoms with E-state index in [1.165, 1.54) is 33.1 Å². The summed E-state index contributed by atoms with van der Waals surface area (Å²) < 4.78 is 0.672. The number of hydrogen-bond donors (Lipinski definition) is 1. The van der Waals surface area contributed by atoms with Gasteiger partial charge in [-0.25, -0.2) is 0 Å². The summed E-state index contributed by atoms with van der Waals surface area (Å²) in [5.41, 5.74) is 2.99. The topological polar surface area (TPSA) is 56.1 Å². The van der Waals surface area contributed by atoms with Gasteiger partial charge in [-0.3, -0.25) is 9.69 Å². The summed E-state index contributed by atoms with van der Waals surface area (Å²) in [6.45, 7) is 2.61. The minimum atomic E-state index is -0.116. The lowest BCUT2D eigenvalue weighted by molar-refractivity contribution is -0.115. The van der Waals surface area contributed by atoms with Crippen molar-refractivity contribution in [1.82, 2.24) is 4.90 Å². The first-order valence-electron chi connectivity index (χ1n) is 8.97. The number of fused-ring (bicyclic) bond motifs is 1. The summed E-state index contributed by atoms with van der Waals surface area (Å²) in [6.07, 6.45) is 1.10. The van der Waals surface area contributed by atoms with Crippen molar-refractivity contribution in [3.05, 3.63) is 73.2 Å². The molecule has 1 aliphatic rings. The van der Waals surface area contributed by atoms with Gasteiger partial charge in [-0.05, 0) is 29.7 Å². The van der Waals surface area contributed by atoms with Crippen molar-refractivity contribution >= 4 is 45.2 Å². The maximum absolute atomic E-state index is 12.4. The maximum atomic E-state index is 12.4. The molecule has 7 heteroatoms. The third kappa shape index (κ3) is 4.29. The standard InChI is InChI=1S/C21H18ClN3OS2/c22-19-7-6-15(27-19)10-20(26)24-21-17(11-23)16-8-9-25(13-18(16)28-21)12-14-4-2-1-3-5-14/h1-7H,8-10,12-13H2,(H,24,26). The number of thiophene rings is 2. The van der Waals surface area contributed by atoms with E-state index in [1.54, 1.807) is 6.07 Å². The van der Waals surface area contributed by atoms with Gasteiger partial charge in [0.15, 0.2) is 0 Å². The minimum absolute atomic E-state index is 0.116. The van der Waals surface area contributed by atoms with Crippen molar-refractivity contribution in [2.45, 2.75) is 25.9 Å². The third-order valence-electron chi connectivity index (χ3n) is 4.71. The minimum Gasteiger partial charge on any atom is -0.316 e. The first-order valence-corrected chi connectivity index (χ1v) is 11.0. The molecule has 0 aliphatic carbocycles. The van der Waals surface area contributed by atoms with E-state index in [4.69, 9.17) is 11.6 Å². The third-order valence-corrected chi connectivity index (χ3v) is 7.08. The summed E-state index contributed by atoms with van der Waals surface area (Å²) in [7, 11) is 0. The lowest BCUT2D eigenvalue weighted by atomic mass is 10.0. The van der Waals surface area contributed by atoms with E-state index in [0.29, 0.717) is 14.9 Å². The monoisotopic (exact) mass is 427 g/mol. The van der Waals surface area contributed by atoms with E-state index in [2.05, 4.69) is 40.6 Å². The van der Waals surface area contributed by atoms with Crippen molar-refractivity contribution in [1.29, 1.82) is 5.26 Å². The Labute approximate surface area is 177 Å². The van der Waals surface area contributed by atoms with Crippen molar-refractivity contribution in [3.63, 3.8) is 0 Å². The second-order valence-electron chi connectivity index (χ2n) is 6.70. The van der Waals surface area contributed by atoms with Gasteiger partial charge in [0.25, 0.3) is 0 Å². The predicted octanol–water partition coefficient (Wildman–Crippen LogP) is 5.07. The first-order chi connectivity index (χ1) is 13.6. The average molecular weight is 428 g/mol. The smallest absolute Gasteiger partial charge is 0.230 e. The van der Waals surface area contributed by atoms with Crippen LogP contribution in [0.25, 0.3) is 0 Å². The number of nitrogens with zero attached hydrogens (tertiary/aromatic N) is 2. The Morgan fingerprint density at radius 3 is 2.75 bits per heavy atom. The molecule has 4 rings (SSSR count). The quantitative estimate of drug-likeness (QED) is 0.618. The Balaban J connectivity index is 1.47. The van der Waals surface area contributed by atoms with Crippen molar-refractivity contribution in [2.75, 3.05) is 11.9 Å². The van der Waals surface area contributed by atoms with Crippen LogP contribution in [-0.4, -0.2) is 17.4 Å². The number of halogens is 1. The molecule has 0 bridgehead atoms. The highest BCUT2D eigenvalue weighted by Crippen LogP contribution is 2.37. The number of benzene rings is 1. The predicted molar refractivity (Wildman–Crippen MR) is 115 cm³/mol. The van der Waals surface area contributed by atoms with E-state index in [-0.39, 0.29) is 12.3 Å². The molecule has 0 fully saturated rings. The fraction of sp³-hybridized carbons (Fsp3) is 0.238. The molecule has 2 aromatic heterocycles. The normalized spacial score (nSPS) is 13.7. The average Bonchev–Trinajstić information content (AvgIpc) is 3.24. The van der Waals surface area contributed by atoms with Crippen LogP contribution in [-0.2, 0) is 30.7 Å². The Kier molecular flexibility index (Phi) is 5.79. The van der Waals surface area contributed by atoms with Gasteiger partial charge in [0, 0.05) is 29.4 Å². The van der Waals surface area contributed by atoms with Gasteiger partial charge in [0.2, 0.25) is 5.91 Å². The fourth-order valence-electron chi connectivity index (χ4n) is 3.42. The molecule has 0 saturated heterocycles. The summed E-state index contributed by atoms with van der Waals surface area (Å²) in [5, 5.41) is 13.3. The van der Waals surface area contributed by atoms with E-state index in [9.17, 15) is 10.1 Å². The molecule has 1 aliphatic heterocycles. The second-order valence-corrected chi connectivity index (χ2v) is 9.60. The number of nitrogens with one attached hydrogen (secondary N) is 1. The van der Waals surface area contributed by atoms with Gasteiger partial charge in [0.1, 0.15) is 11.1 Å². The Bertz CT molecular complexity index is 1040. The number of carbonyl (C=O) groups is 1. The Morgan fingerprint density at radius 1 is 1.21 bits per heavy atom. The van der Waals surface area contributed by atoms with Gasteiger partial charge < -0.3 is 5.32 Å². The zero-order valence-corrected chi connectivity index (χ0v) is 17.5. The van der Waals surface area contributed by atoms with Gasteiger partial charge in [-0.15, -0.1) is 22.7 Å². The van der Waals surface area contributed by atoms with Gasteiger partial charge in [0.05, 0.1) is 16.3 Å². The van der Waals surface area contributed by atoms with Crippen LogP contribution in [0.15, 0.2) is 42.5 Å². The van der Waals surface area contributed by atoms with E-state index < -0.39 is 0 Å². The highest BCUT2D eigenvalue weighted by molar-refractivity contribution is 7.17. The molecule has 3 heterocycles. The summed E-state index contributed by atoms with van der Waals surface area (Å²) in [4.78, 5) is 16.9. The summed E-state index contributed by atoms with van der Waals surface area (Å²) >= 11 is 8.86. The molecule has 28 heavy (non-hydrogen) atoms. The molecule has 1 N–H and O–H groups in total. The number of anilines is 1. The van der Waals surface area contributed by atoms with Gasteiger partial charge in [-0.1, -0.05) is 41.9 Å². The van der Waals surface area contributed by atoms with E-state index >= 15 is 0 Å². The zero-order valence-electron chi connectivity index (χ0n) is 15.1. The fourth-order valence-corrected chi connectivity index (χ4v) is 5.76. The van der Waals surface area contributed by atoms with Crippen LogP contribution < -0.4 is 5.32 Å². The van der Waals surface area contributed by atoms with Crippen LogP contribution in [0.3, 0.4) is 0 Å². The van der Waals surface area contributed by atoms with Crippen LogP contribution in [0.1, 0.15) is 26.4 Å². The number of carbonyl (C=O) groups excluding carboxylic acids is 1. The molecule has 3 aromatic rings. The maximum Gasteiger partial charge on any atom is 0.230 e. The zero-order chi connectivity index (χ0) is 19.5. The van der Waals surface area contributed by atoms with Crippen molar-refractivity contribution in [3.8, 4) is 6.07 Å². The Hall–Kier alpha value is -2.17. The number of hydrogen-bond acceptors (Lipinski definition) is 5. The lowest BCUT2D eigenvalue weighted by Gasteiger charge is -2.26. The first kappa shape index (κ1) is 19.2. The van der Waals surface area contributed by atoms with Crippen molar-refractivity contribution in [2.24, 2.45) is 0 Å². The van der Waals surface area contributed by atoms with E-state index in [1.807, 2.05) is 12.1 Å². The molecule has 1 amide bonds. The molecule has 0 spiro atoms. The molecule has 0 radical (unpaired) electrons. The van der Waals surface area contributed by atoms with Crippen LogP contribution in [0.4, 0.5) is 5.00 Å². The summed E-state index contributed by atoms with van der Waals surface area (Å²) in [6, 6.07) is 16.3. The highest BCUT2D eigenvalue weighted by Gasteiger charge is 2.25. The molecule has 1 aromatic carbocycles. The number of nitriles is 1. The van der Waals surface area contributed by atoms with Crippen LogP contribution in [0.2, 0.25) is 4.34 Å². The molecule has 142 valence electrons. The molecular formula is C21H18ClN3OS2. The second kappa shape index (κ2) is 8.46. The lowest BCUT2D eigenvalue weighted by Crippen LogP contribution is -2.29. The molecular weight excluding hydrogens is 410 g/mol. The largest absolute Gasteiger partial charge is 0.316 e. The SMILES string of the molecule is N#Cc1c(NC(=O)Cc2ccc(Cl)s2)sc2c1CCN(Cc1ccccc1)C2. The number of amides is 1. The molecule has 0 unspecified atom stereocenters. The van der Waals surface area contributed by atoms with Crippen molar-refractivity contribution < 1.29 is 4.79 Å². The summed E-state index contributed by atoms with van der Waals surface area (Å²) in [5.74, 6) is -0.116. The van der Waals surface area contributed by atoms with Gasteiger partial charge in [-0.2, -0.15) is 5.26 Å². The molecule has 0 atom stereocenters. The molecule has 0 saturated carbocycles. The van der Waals surface area contributed by atoms with Gasteiger partial charge >= 0.3 is 0 Å². The molecule has 4 nitrogen and oxygen atoms in total. The van der Waals surface area contributed by atoms with Crippen LogP contribution in [0.5, 0.6) is 0 Å². The van der Waals surface area contributed by atoms with Crippen LogP contribution in [0, 0.1) is 11.3 Å². The number of rotatable bonds is 5. The highest BCUT2D eigenvalue weighted by atomic mass is 35.5. The Morgan fingerprint density at radius 2 is 2.04 bits per heavy atom. The van der Waals surface area contributed by atoms with Crippen LogP contribution >= 0.6 is 34.3 Å².